The van der Waals surface area contributed by atoms with Crippen molar-refractivity contribution in [2.24, 2.45) is 0 Å². The SMILES string of the molecule is CC(O)(CC(=O)N1CCCC1c1cccc(F)c1)c1ccccc1. The maximum Gasteiger partial charge on any atom is 0.226 e. The second-order valence-corrected chi connectivity index (χ2v) is 6.62. The highest BCUT2D eigenvalue weighted by Gasteiger charge is 2.34. The number of carbonyl (C=O) groups excluding carboxylic acids is 1. The van der Waals surface area contributed by atoms with Crippen LogP contribution in [0.1, 0.15) is 43.4 Å². The molecular weight excluding hydrogens is 305 g/mol. The first-order chi connectivity index (χ1) is 11.5. The van der Waals surface area contributed by atoms with E-state index in [4.69, 9.17) is 0 Å². The zero-order valence-electron chi connectivity index (χ0n) is 13.8. The van der Waals surface area contributed by atoms with Gasteiger partial charge in [-0.1, -0.05) is 42.5 Å². The molecular formula is C20H22FNO2. The summed E-state index contributed by atoms with van der Waals surface area (Å²) in [7, 11) is 0. The molecule has 3 rings (SSSR count). The number of benzene rings is 2. The fraction of sp³-hybridized carbons (Fsp3) is 0.350. The zero-order valence-corrected chi connectivity index (χ0v) is 13.8. The molecule has 2 unspecified atom stereocenters. The van der Waals surface area contributed by atoms with Crippen LogP contribution in [0, 0.1) is 5.82 Å². The van der Waals surface area contributed by atoms with E-state index in [-0.39, 0.29) is 24.2 Å². The van der Waals surface area contributed by atoms with Crippen molar-refractivity contribution in [3.8, 4) is 0 Å². The largest absolute Gasteiger partial charge is 0.385 e. The summed E-state index contributed by atoms with van der Waals surface area (Å²) < 4.78 is 13.5. The molecule has 1 fully saturated rings. The number of rotatable bonds is 4. The highest BCUT2D eigenvalue weighted by molar-refractivity contribution is 5.78. The van der Waals surface area contributed by atoms with Crippen LogP contribution < -0.4 is 0 Å². The van der Waals surface area contributed by atoms with E-state index in [0.717, 1.165) is 24.0 Å². The van der Waals surface area contributed by atoms with Gasteiger partial charge >= 0.3 is 0 Å². The van der Waals surface area contributed by atoms with E-state index in [1.54, 1.807) is 17.9 Å². The molecule has 1 N–H and O–H groups in total. The first kappa shape index (κ1) is 16.7. The minimum atomic E-state index is -1.21. The van der Waals surface area contributed by atoms with Crippen molar-refractivity contribution in [2.75, 3.05) is 6.54 Å². The number of hydrogen-bond acceptors (Lipinski definition) is 2. The summed E-state index contributed by atoms with van der Waals surface area (Å²) in [6, 6.07) is 15.5. The lowest BCUT2D eigenvalue weighted by molar-refractivity contribution is -0.137. The number of halogens is 1. The molecule has 0 aliphatic carbocycles. The van der Waals surface area contributed by atoms with Gasteiger partial charge in [0.1, 0.15) is 5.82 Å². The van der Waals surface area contributed by atoms with Gasteiger partial charge in [0.15, 0.2) is 0 Å². The highest BCUT2D eigenvalue weighted by atomic mass is 19.1. The van der Waals surface area contributed by atoms with Crippen molar-refractivity contribution in [3.63, 3.8) is 0 Å². The molecule has 2 aromatic carbocycles. The number of aliphatic hydroxyl groups is 1. The van der Waals surface area contributed by atoms with Crippen LogP contribution in [0.5, 0.6) is 0 Å². The summed E-state index contributed by atoms with van der Waals surface area (Å²) >= 11 is 0. The number of carbonyl (C=O) groups is 1. The molecule has 0 radical (unpaired) electrons. The Labute approximate surface area is 141 Å². The van der Waals surface area contributed by atoms with Gasteiger partial charge in [-0.25, -0.2) is 4.39 Å². The molecule has 0 saturated carbocycles. The normalized spacial score (nSPS) is 20.0. The Morgan fingerprint density at radius 3 is 2.71 bits per heavy atom. The van der Waals surface area contributed by atoms with Crippen LogP contribution in [-0.2, 0) is 10.4 Å². The van der Waals surface area contributed by atoms with Gasteiger partial charge in [0.05, 0.1) is 18.1 Å². The quantitative estimate of drug-likeness (QED) is 0.928. The fourth-order valence-electron chi connectivity index (χ4n) is 3.42. The summed E-state index contributed by atoms with van der Waals surface area (Å²) in [6.45, 7) is 2.30. The molecule has 4 heteroatoms. The molecule has 1 aliphatic heterocycles. The molecule has 1 amide bonds. The van der Waals surface area contributed by atoms with Crippen LogP contribution in [-0.4, -0.2) is 22.5 Å². The molecule has 1 saturated heterocycles. The Bertz CT molecular complexity index is 715. The van der Waals surface area contributed by atoms with Gasteiger partial charge in [-0.3, -0.25) is 4.79 Å². The lowest BCUT2D eigenvalue weighted by atomic mass is 9.91. The number of likely N-dealkylation sites (tertiary alicyclic amines) is 1. The molecule has 3 nitrogen and oxygen atoms in total. The van der Waals surface area contributed by atoms with Gasteiger partial charge in [-0.05, 0) is 43.0 Å². The van der Waals surface area contributed by atoms with E-state index >= 15 is 0 Å². The van der Waals surface area contributed by atoms with E-state index < -0.39 is 5.60 Å². The molecule has 1 heterocycles. The molecule has 2 atom stereocenters. The van der Waals surface area contributed by atoms with Crippen molar-refractivity contribution in [1.82, 2.24) is 4.90 Å². The second kappa shape index (κ2) is 6.73. The van der Waals surface area contributed by atoms with Gasteiger partial charge in [-0.2, -0.15) is 0 Å². The van der Waals surface area contributed by atoms with Crippen LogP contribution in [0.3, 0.4) is 0 Å². The van der Waals surface area contributed by atoms with Crippen molar-refractivity contribution < 1.29 is 14.3 Å². The van der Waals surface area contributed by atoms with E-state index in [9.17, 15) is 14.3 Å². The summed E-state index contributed by atoms with van der Waals surface area (Å²) in [4.78, 5) is 14.5. The third-order valence-corrected chi connectivity index (χ3v) is 4.70. The second-order valence-electron chi connectivity index (χ2n) is 6.62. The number of amides is 1. The van der Waals surface area contributed by atoms with Gasteiger partial charge in [0.25, 0.3) is 0 Å². The molecule has 126 valence electrons. The van der Waals surface area contributed by atoms with E-state index in [2.05, 4.69) is 0 Å². The summed E-state index contributed by atoms with van der Waals surface area (Å²) in [5.74, 6) is -0.390. The molecule has 2 aromatic rings. The first-order valence-electron chi connectivity index (χ1n) is 8.30. The van der Waals surface area contributed by atoms with Gasteiger partial charge in [0, 0.05) is 6.54 Å². The lowest BCUT2D eigenvalue weighted by Gasteiger charge is -2.30. The lowest BCUT2D eigenvalue weighted by Crippen LogP contribution is -2.36. The standard InChI is InChI=1S/C20H22FNO2/c1-20(24,16-8-3-2-4-9-16)14-19(23)22-12-6-11-18(22)15-7-5-10-17(21)13-15/h2-5,7-10,13,18,24H,6,11-12,14H2,1H3. The Morgan fingerprint density at radius 2 is 2.00 bits per heavy atom. The Morgan fingerprint density at radius 1 is 1.25 bits per heavy atom. The highest BCUT2D eigenvalue weighted by Crippen LogP contribution is 2.34. The van der Waals surface area contributed by atoms with Crippen LogP contribution in [0.15, 0.2) is 54.6 Å². The Kier molecular flexibility index (Phi) is 4.67. The van der Waals surface area contributed by atoms with Crippen molar-refractivity contribution in [1.29, 1.82) is 0 Å². The predicted molar refractivity (Wildman–Crippen MR) is 90.7 cm³/mol. The molecule has 24 heavy (non-hydrogen) atoms. The van der Waals surface area contributed by atoms with Crippen LogP contribution in [0.4, 0.5) is 4.39 Å². The maximum absolute atomic E-state index is 13.5. The Hall–Kier alpha value is -2.20. The third-order valence-electron chi connectivity index (χ3n) is 4.70. The topological polar surface area (TPSA) is 40.5 Å². The van der Waals surface area contributed by atoms with Crippen molar-refractivity contribution >= 4 is 5.91 Å². The maximum atomic E-state index is 13.5. The number of hydrogen-bond donors (Lipinski definition) is 1. The van der Waals surface area contributed by atoms with Crippen molar-refractivity contribution in [2.45, 2.75) is 37.8 Å². The van der Waals surface area contributed by atoms with E-state index in [1.165, 1.54) is 12.1 Å². The summed E-state index contributed by atoms with van der Waals surface area (Å²) in [5, 5.41) is 10.7. The monoisotopic (exact) mass is 327 g/mol. The van der Waals surface area contributed by atoms with Crippen LogP contribution in [0.2, 0.25) is 0 Å². The van der Waals surface area contributed by atoms with E-state index in [0.29, 0.717) is 6.54 Å². The average Bonchev–Trinajstić information content (AvgIpc) is 3.05. The summed E-state index contributed by atoms with van der Waals surface area (Å²) in [5.41, 5.74) is 0.327. The van der Waals surface area contributed by atoms with Crippen LogP contribution >= 0.6 is 0 Å². The average molecular weight is 327 g/mol. The minimum Gasteiger partial charge on any atom is -0.385 e. The zero-order chi connectivity index (χ0) is 17.2. The Balaban J connectivity index is 1.76. The fourth-order valence-corrected chi connectivity index (χ4v) is 3.42. The molecule has 0 aromatic heterocycles. The van der Waals surface area contributed by atoms with E-state index in [1.807, 2.05) is 36.4 Å². The predicted octanol–water partition coefficient (Wildman–Crippen LogP) is 3.79. The van der Waals surface area contributed by atoms with Crippen LogP contribution in [0.25, 0.3) is 0 Å². The smallest absolute Gasteiger partial charge is 0.226 e. The van der Waals surface area contributed by atoms with Gasteiger partial charge in [0.2, 0.25) is 5.91 Å². The van der Waals surface area contributed by atoms with Gasteiger partial charge in [-0.15, -0.1) is 0 Å². The molecule has 0 spiro atoms. The van der Waals surface area contributed by atoms with Crippen molar-refractivity contribution in [3.05, 3.63) is 71.5 Å². The van der Waals surface area contributed by atoms with Gasteiger partial charge < -0.3 is 10.0 Å². The number of nitrogens with zero attached hydrogens (tertiary/aromatic N) is 1. The third kappa shape index (κ3) is 3.49. The minimum absolute atomic E-state index is 0.0167. The summed E-state index contributed by atoms with van der Waals surface area (Å²) in [6.07, 6.45) is 1.73. The molecule has 1 aliphatic rings. The molecule has 0 bridgehead atoms. The first-order valence-corrected chi connectivity index (χ1v) is 8.30.